The number of allylic oxidation sites excluding steroid dienone is 2. The first-order valence-corrected chi connectivity index (χ1v) is 14.1. The summed E-state index contributed by atoms with van der Waals surface area (Å²) in [7, 11) is 1.31. The highest BCUT2D eigenvalue weighted by molar-refractivity contribution is 6.53. The second kappa shape index (κ2) is 9.23. The largest absolute Gasteiger partial charge is 0.508 e. The molecule has 2 aromatic carbocycles. The Hall–Kier alpha value is -3.07. The number of hydrogen-bond acceptors (Lipinski definition) is 6. The maximum Gasteiger partial charge on any atom is 0.253 e. The van der Waals surface area contributed by atoms with Crippen LogP contribution in [0.5, 0.6) is 11.5 Å². The summed E-state index contributed by atoms with van der Waals surface area (Å²) in [4.78, 5) is 52.6. The summed E-state index contributed by atoms with van der Waals surface area (Å²) in [6.45, 7) is 0.154. The van der Waals surface area contributed by atoms with Crippen molar-refractivity contribution in [3.05, 3.63) is 70.3 Å². The third-order valence-corrected chi connectivity index (χ3v) is 10.6. The van der Waals surface area contributed by atoms with Crippen molar-refractivity contribution in [2.75, 3.05) is 13.6 Å². The number of aromatic hydroxyl groups is 2. The fourth-order valence-corrected chi connectivity index (χ4v) is 8.23. The number of amides is 4. The number of nitrogens with zero attached hydrogens (tertiary/aromatic N) is 2. The number of hydrogen-bond donors (Lipinski definition) is 2. The number of imide groups is 2. The lowest BCUT2D eigenvalue weighted by Crippen LogP contribution is -2.60. The number of benzene rings is 2. The monoisotopic (exact) mass is 602 g/mol. The molecular weight excluding hydrogens is 579 g/mol. The van der Waals surface area contributed by atoms with E-state index in [1.54, 1.807) is 24.3 Å². The lowest BCUT2D eigenvalue weighted by Gasteiger charge is -2.50. The molecule has 2 heterocycles. The molecule has 0 unspecified atom stereocenters. The summed E-state index contributed by atoms with van der Waals surface area (Å²) in [5.74, 6) is -5.33. The molecule has 4 aliphatic rings. The van der Waals surface area contributed by atoms with E-state index < -0.39 is 45.2 Å². The smallest absolute Gasteiger partial charge is 0.253 e. The summed E-state index contributed by atoms with van der Waals surface area (Å²) >= 11 is 20.5. The second-order valence-corrected chi connectivity index (χ2v) is 12.6. The van der Waals surface area contributed by atoms with E-state index >= 15 is 0 Å². The fraction of sp³-hybridized carbons (Fsp3) is 0.379. The van der Waals surface area contributed by atoms with Crippen LogP contribution in [0, 0.1) is 17.8 Å². The van der Waals surface area contributed by atoms with Crippen LogP contribution in [0.25, 0.3) is 0 Å². The van der Waals surface area contributed by atoms with Gasteiger partial charge in [-0.2, -0.15) is 0 Å². The molecule has 11 heteroatoms. The van der Waals surface area contributed by atoms with Gasteiger partial charge in [0.05, 0.1) is 11.8 Å². The number of carbonyl (C=O) groups excluding carboxylic acids is 4. The number of rotatable bonds is 4. The van der Waals surface area contributed by atoms with Crippen LogP contribution in [0.15, 0.2) is 54.1 Å². The lowest BCUT2D eigenvalue weighted by molar-refractivity contribution is -0.141. The number of phenolic OH excluding ortho intramolecular Hbond substituents is 2. The number of fused-ring (bicyclic) bond motifs is 4. The molecule has 40 heavy (non-hydrogen) atoms. The van der Waals surface area contributed by atoms with Gasteiger partial charge in [0.2, 0.25) is 11.8 Å². The number of alkyl halides is 2. The Kier molecular flexibility index (Phi) is 6.25. The van der Waals surface area contributed by atoms with E-state index in [0.717, 1.165) is 10.5 Å². The van der Waals surface area contributed by atoms with Gasteiger partial charge >= 0.3 is 0 Å². The predicted octanol–water partition coefficient (Wildman–Crippen LogP) is 3.98. The van der Waals surface area contributed by atoms with E-state index in [9.17, 15) is 29.4 Å². The lowest BCUT2D eigenvalue weighted by atomic mass is 9.56. The van der Waals surface area contributed by atoms with Crippen LogP contribution < -0.4 is 0 Å². The van der Waals surface area contributed by atoms with Crippen LogP contribution in [0.1, 0.15) is 29.9 Å². The number of carbonyl (C=O) groups is 4. The van der Waals surface area contributed by atoms with Gasteiger partial charge in [-0.15, -0.1) is 23.2 Å². The van der Waals surface area contributed by atoms with Crippen LogP contribution >= 0.6 is 34.8 Å². The van der Waals surface area contributed by atoms with Crippen molar-refractivity contribution in [2.45, 2.75) is 34.9 Å². The molecule has 1 saturated carbocycles. The van der Waals surface area contributed by atoms with Crippen LogP contribution in [0.3, 0.4) is 0 Å². The highest BCUT2D eigenvalue weighted by Crippen LogP contribution is 2.66. The van der Waals surface area contributed by atoms with Gasteiger partial charge in [-0.25, -0.2) is 0 Å². The maximum atomic E-state index is 13.9. The SMILES string of the molecule is CN1C(=O)[C@]2(Cl)C[C@@H]3C(=CC[C@@H]4C(=O)N(CCc5ccc(O)cc5)C(=O)[C@@H]43)[C@H](c3cc(Cl)ccc3O)[C@]2(Cl)C1=O. The topological polar surface area (TPSA) is 115 Å². The van der Waals surface area contributed by atoms with Crippen molar-refractivity contribution < 1.29 is 29.4 Å². The van der Waals surface area contributed by atoms with Crippen LogP contribution in [0.4, 0.5) is 0 Å². The van der Waals surface area contributed by atoms with E-state index in [2.05, 4.69) is 0 Å². The van der Waals surface area contributed by atoms with Gasteiger partial charge in [0.1, 0.15) is 11.5 Å². The Bertz CT molecular complexity index is 1510. The van der Waals surface area contributed by atoms with E-state index in [0.29, 0.717) is 12.0 Å². The van der Waals surface area contributed by atoms with Crippen LogP contribution in [-0.4, -0.2) is 67.0 Å². The van der Waals surface area contributed by atoms with E-state index in [1.807, 2.05) is 6.08 Å². The molecule has 2 saturated heterocycles. The average molecular weight is 604 g/mol. The number of likely N-dealkylation sites (tertiary alicyclic amines) is 2. The number of phenols is 2. The molecule has 2 aliphatic carbocycles. The molecule has 6 atom stereocenters. The molecule has 8 nitrogen and oxygen atoms in total. The van der Waals surface area contributed by atoms with Gasteiger partial charge in [0, 0.05) is 30.1 Å². The minimum Gasteiger partial charge on any atom is -0.508 e. The molecule has 208 valence electrons. The highest BCUT2D eigenvalue weighted by Gasteiger charge is 2.76. The first-order valence-electron chi connectivity index (χ1n) is 12.9. The molecule has 0 bridgehead atoms. The Balaban J connectivity index is 1.42. The van der Waals surface area contributed by atoms with Gasteiger partial charge < -0.3 is 10.2 Å². The molecular formula is C29H25Cl3N2O6. The molecule has 4 amide bonds. The van der Waals surface area contributed by atoms with Crippen molar-refractivity contribution in [3.63, 3.8) is 0 Å². The molecule has 2 aromatic rings. The highest BCUT2D eigenvalue weighted by atomic mass is 35.5. The summed E-state index contributed by atoms with van der Waals surface area (Å²) in [6, 6.07) is 10.9. The third kappa shape index (κ3) is 3.58. The van der Waals surface area contributed by atoms with Crippen molar-refractivity contribution in [2.24, 2.45) is 17.8 Å². The zero-order valence-electron chi connectivity index (χ0n) is 21.3. The Morgan fingerprint density at radius 1 is 0.950 bits per heavy atom. The summed E-state index contributed by atoms with van der Waals surface area (Å²) in [6.07, 6.45) is 2.32. The second-order valence-electron chi connectivity index (χ2n) is 10.9. The zero-order valence-corrected chi connectivity index (χ0v) is 23.6. The molecule has 2 aliphatic heterocycles. The number of halogens is 3. The summed E-state index contributed by atoms with van der Waals surface area (Å²) < 4.78 is 0. The molecule has 3 fully saturated rings. The molecule has 0 radical (unpaired) electrons. The van der Waals surface area contributed by atoms with Crippen molar-refractivity contribution in [3.8, 4) is 11.5 Å². The van der Waals surface area contributed by atoms with E-state index in [-0.39, 0.29) is 53.3 Å². The standard InChI is InChI=1S/C29H25Cl3N2O6/c1-33-26(39)28(31)13-20-17(23(29(28,32)27(33)40)19-12-15(30)4-9-21(19)36)7-8-18-22(20)25(38)34(24(18)37)11-10-14-2-5-16(35)6-3-14/h2-7,9,12,18,20,22-23,35-36H,8,10-11,13H2,1H3/t18-,20+,22-,23+,28+,29-/m0/s1. The van der Waals surface area contributed by atoms with Crippen molar-refractivity contribution in [1.82, 2.24) is 9.80 Å². The quantitative estimate of drug-likeness (QED) is 0.310. The molecule has 0 spiro atoms. The molecule has 2 N–H and O–H groups in total. The van der Waals surface area contributed by atoms with Gasteiger partial charge in [0.25, 0.3) is 11.8 Å². The Morgan fingerprint density at radius 3 is 2.35 bits per heavy atom. The summed E-state index contributed by atoms with van der Waals surface area (Å²) in [5, 5.41) is 20.7. The maximum absolute atomic E-state index is 13.9. The normalized spacial score (nSPS) is 33.1. The van der Waals surface area contributed by atoms with E-state index in [4.69, 9.17) is 34.8 Å². The Labute approximate surface area is 245 Å². The first kappa shape index (κ1) is 27.1. The van der Waals surface area contributed by atoms with E-state index in [1.165, 1.54) is 30.1 Å². The van der Waals surface area contributed by atoms with Crippen LogP contribution in [0.2, 0.25) is 5.02 Å². The summed E-state index contributed by atoms with van der Waals surface area (Å²) in [5.41, 5.74) is 1.66. The molecule has 0 aromatic heterocycles. The first-order chi connectivity index (χ1) is 18.9. The molecule has 6 rings (SSSR count). The Morgan fingerprint density at radius 2 is 1.65 bits per heavy atom. The predicted molar refractivity (Wildman–Crippen MR) is 147 cm³/mol. The zero-order chi connectivity index (χ0) is 28.7. The minimum atomic E-state index is -1.98. The van der Waals surface area contributed by atoms with Gasteiger partial charge in [-0.05, 0) is 61.1 Å². The van der Waals surface area contributed by atoms with Crippen LogP contribution in [-0.2, 0) is 25.6 Å². The van der Waals surface area contributed by atoms with Crippen molar-refractivity contribution >= 4 is 58.4 Å². The van der Waals surface area contributed by atoms with Gasteiger partial charge in [0.15, 0.2) is 9.75 Å². The minimum absolute atomic E-state index is 0.121. The average Bonchev–Trinajstić information content (AvgIpc) is 3.24. The van der Waals surface area contributed by atoms with Crippen molar-refractivity contribution in [1.29, 1.82) is 0 Å². The van der Waals surface area contributed by atoms with Gasteiger partial charge in [-0.3, -0.25) is 29.0 Å². The fourth-order valence-electron chi connectivity index (χ4n) is 7.04. The van der Waals surface area contributed by atoms with Gasteiger partial charge in [-0.1, -0.05) is 35.4 Å². The third-order valence-electron chi connectivity index (χ3n) is 8.97.